The molecule has 0 aliphatic carbocycles. The highest BCUT2D eigenvalue weighted by atomic mass is 16.5. The molecule has 0 amide bonds. The molecule has 0 saturated carbocycles. The minimum atomic E-state index is -0.197. The SMILES string of the molecule is CCCc1nc(C)[nH]c(=O)c1Cc1ccc(-c2ccccc2C2=NC(C)(C)CO2)cc1. The predicted octanol–water partition coefficient (Wildman–Crippen LogP) is 4.84. The molecule has 3 aromatic rings. The number of aromatic nitrogens is 2. The molecule has 4 rings (SSSR count). The Hall–Kier alpha value is -3.21. The Kier molecular flexibility index (Phi) is 5.77. The summed E-state index contributed by atoms with van der Waals surface area (Å²) in [5.41, 5.74) is 5.71. The molecule has 1 aromatic heterocycles. The molecule has 0 fully saturated rings. The molecule has 5 heteroatoms. The molecule has 160 valence electrons. The van der Waals surface area contributed by atoms with Crippen LogP contribution in [0.15, 0.2) is 58.3 Å². The Labute approximate surface area is 183 Å². The zero-order chi connectivity index (χ0) is 22.0. The lowest BCUT2D eigenvalue weighted by atomic mass is 9.96. The van der Waals surface area contributed by atoms with Crippen molar-refractivity contribution in [1.82, 2.24) is 9.97 Å². The Morgan fingerprint density at radius 2 is 1.77 bits per heavy atom. The van der Waals surface area contributed by atoms with Gasteiger partial charge in [0.05, 0.1) is 11.2 Å². The highest BCUT2D eigenvalue weighted by Crippen LogP contribution is 2.29. The first kappa shape index (κ1) is 21.0. The molecule has 0 saturated heterocycles. The number of hydrogen-bond acceptors (Lipinski definition) is 4. The van der Waals surface area contributed by atoms with E-state index in [1.807, 2.05) is 19.1 Å². The number of H-pyrrole nitrogens is 1. The fourth-order valence-electron chi connectivity index (χ4n) is 3.94. The average Bonchev–Trinajstić information content (AvgIpc) is 3.11. The standard InChI is InChI=1S/C26H29N3O2/c1-5-8-23-22(24(30)28-17(2)27-23)15-18-11-13-19(14-12-18)20-9-6-7-10-21(20)25-29-26(3,4)16-31-25/h6-7,9-14H,5,8,15-16H2,1-4H3,(H,27,28,30). The summed E-state index contributed by atoms with van der Waals surface area (Å²) in [5, 5.41) is 0. The molecular formula is C26H29N3O2. The van der Waals surface area contributed by atoms with Gasteiger partial charge in [-0.15, -0.1) is 0 Å². The van der Waals surface area contributed by atoms with E-state index in [1.54, 1.807) is 0 Å². The molecule has 0 atom stereocenters. The fraction of sp³-hybridized carbons (Fsp3) is 0.346. The van der Waals surface area contributed by atoms with E-state index in [2.05, 4.69) is 67.1 Å². The van der Waals surface area contributed by atoms with Crippen molar-refractivity contribution in [3.05, 3.63) is 87.1 Å². The van der Waals surface area contributed by atoms with Crippen LogP contribution in [0.5, 0.6) is 0 Å². The van der Waals surface area contributed by atoms with Crippen molar-refractivity contribution >= 4 is 5.90 Å². The second-order valence-corrected chi connectivity index (χ2v) is 8.76. The first-order valence-corrected chi connectivity index (χ1v) is 10.9. The molecular weight excluding hydrogens is 386 g/mol. The molecule has 2 aromatic carbocycles. The van der Waals surface area contributed by atoms with E-state index in [1.165, 1.54) is 0 Å². The summed E-state index contributed by atoms with van der Waals surface area (Å²) in [5.74, 6) is 1.37. The van der Waals surface area contributed by atoms with Crippen LogP contribution in [-0.2, 0) is 17.6 Å². The van der Waals surface area contributed by atoms with Crippen molar-refractivity contribution in [2.45, 2.75) is 52.5 Å². The second-order valence-electron chi connectivity index (χ2n) is 8.76. The number of aliphatic imine (C=N–C) groups is 1. The van der Waals surface area contributed by atoms with Crippen LogP contribution in [-0.4, -0.2) is 28.0 Å². The number of aromatic amines is 1. The lowest BCUT2D eigenvalue weighted by Gasteiger charge is -2.11. The Morgan fingerprint density at radius 3 is 2.42 bits per heavy atom. The summed E-state index contributed by atoms with van der Waals surface area (Å²) < 4.78 is 5.88. The normalized spacial score (nSPS) is 14.9. The maximum absolute atomic E-state index is 12.5. The van der Waals surface area contributed by atoms with Crippen LogP contribution < -0.4 is 5.56 Å². The van der Waals surface area contributed by atoms with Gasteiger partial charge in [-0.3, -0.25) is 4.79 Å². The van der Waals surface area contributed by atoms with Crippen LogP contribution in [0.1, 0.15) is 55.4 Å². The number of nitrogens with zero attached hydrogens (tertiary/aromatic N) is 2. The highest BCUT2D eigenvalue weighted by Gasteiger charge is 2.28. The van der Waals surface area contributed by atoms with E-state index < -0.39 is 0 Å². The van der Waals surface area contributed by atoms with Gasteiger partial charge in [-0.25, -0.2) is 9.98 Å². The van der Waals surface area contributed by atoms with E-state index in [9.17, 15) is 4.79 Å². The molecule has 1 aliphatic heterocycles. The molecule has 2 heterocycles. The molecule has 0 bridgehead atoms. The third-order valence-corrected chi connectivity index (χ3v) is 5.48. The number of rotatable bonds is 6. The predicted molar refractivity (Wildman–Crippen MR) is 125 cm³/mol. The van der Waals surface area contributed by atoms with Crippen molar-refractivity contribution in [2.75, 3.05) is 6.61 Å². The average molecular weight is 416 g/mol. The fourth-order valence-corrected chi connectivity index (χ4v) is 3.94. The summed E-state index contributed by atoms with van der Waals surface area (Å²) in [6, 6.07) is 16.6. The second kappa shape index (κ2) is 8.50. The monoisotopic (exact) mass is 415 g/mol. The zero-order valence-electron chi connectivity index (χ0n) is 18.7. The van der Waals surface area contributed by atoms with Gasteiger partial charge < -0.3 is 9.72 Å². The van der Waals surface area contributed by atoms with E-state index in [-0.39, 0.29) is 11.1 Å². The van der Waals surface area contributed by atoms with Gasteiger partial charge in [-0.2, -0.15) is 0 Å². The van der Waals surface area contributed by atoms with Crippen molar-refractivity contribution < 1.29 is 4.74 Å². The molecule has 0 spiro atoms. The maximum Gasteiger partial charge on any atom is 0.254 e. The van der Waals surface area contributed by atoms with Gasteiger partial charge in [0.2, 0.25) is 5.90 Å². The molecule has 5 nitrogen and oxygen atoms in total. The van der Waals surface area contributed by atoms with Gasteiger partial charge in [0, 0.05) is 17.5 Å². The van der Waals surface area contributed by atoms with Gasteiger partial charge in [-0.1, -0.05) is 55.8 Å². The van der Waals surface area contributed by atoms with E-state index in [0.717, 1.165) is 46.4 Å². The van der Waals surface area contributed by atoms with Gasteiger partial charge in [0.1, 0.15) is 12.4 Å². The summed E-state index contributed by atoms with van der Waals surface area (Å²) in [6.45, 7) is 8.68. The smallest absolute Gasteiger partial charge is 0.254 e. The van der Waals surface area contributed by atoms with Gasteiger partial charge >= 0.3 is 0 Å². The van der Waals surface area contributed by atoms with Crippen LogP contribution >= 0.6 is 0 Å². The Bertz CT molecular complexity index is 1170. The van der Waals surface area contributed by atoms with E-state index in [0.29, 0.717) is 24.7 Å². The maximum atomic E-state index is 12.5. The summed E-state index contributed by atoms with van der Waals surface area (Å²) in [4.78, 5) is 24.7. The molecule has 0 radical (unpaired) electrons. The lowest BCUT2D eigenvalue weighted by Crippen LogP contribution is -2.19. The van der Waals surface area contributed by atoms with Gasteiger partial charge in [0.15, 0.2) is 0 Å². The minimum absolute atomic E-state index is 0.0376. The van der Waals surface area contributed by atoms with Crippen LogP contribution in [0, 0.1) is 6.92 Å². The Balaban J connectivity index is 1.64. The number of hydrogen-bond donors (Lipinski definition) is 1. The third-order valence-electron chi connectivity index (χ3n) is 5.48. The first-order chi connectivity index (χ1) is 14.9. The summed E-state index contributed by atoms with van der Waals surface area (Å²) in [7, 11) is 0. The number of ether oxygens (including phenoxy) is 1. The largest absolute Gasteiger partial charge is 0.475 e. The molecule has 0 unspecified atom stereocenters. The van der Waals surface area contributed by atoms with Crippen molar-refractivity contribution in [2.24, 2.45) is 4.99 Å². The van der Waals surface area contributed by atoms with Crippen LogP contribution in [0.2, 0.25) is 0 Å². The quantitative estimate of drug-likeness (QED) is 0.626. The molecule has 31 heavy (non-hydrogen) atoms. The van der Waals surface area contributed by atoms with Crippen molar-refractivity contribution in [3.8, 4) is 11.1 Å². The van der Waals surface area contributed by atoms with Crippen molar-refractivity contribution in [3.63, 3.8) is 0 Å². The third kappa shape index (κ3) is 4.61. The van der Waals surface area contributed by atoms with Crippen LogP contribution in [0.3, 0.4) is 0 Å². The molecule has 1 N–H and O–H groups in total. The van der Waals surface area contributed by atoms with Crippen LogP contribution in [0.25, 0.3) is 11.1 Å². The zero-order valence-corrected chi connectivity index (χ0v) is 18.7. The summed E-state index contributed by atoms with van der Waals surface area (Å²) >= 11 is 0. The van der Waals surface area contributed by atoms with Crippen LogP contribution in [0.4, 0.5) is 0 Å². The topological polar surface area (TPSA) is 67.3 Å². The number of benzene rings is 2. The molecule has 1 aliphatic rings. The summed E-state index contributed by atoms with van der Waals surface area (Å²) in [6.07, 6.45) is 2.34. The minimum Gasteiger partial charge on any atom is -0.475 e. The highest BCUT2D eigenvalue weighted by molar-refractivity contribution is 6.01. The number of aryl methyl sites for hydroxylation is 2. The van der Waals surface area contributed by atoms with Gasteiger partial charge in [0.25, 0.3) is 5.56 Å². The van der Waals surface area contributed by atoms with E-state index >= 15 is 0 Å². The van der Waals surface area contributed by atoms with Crippen molar-refractivity contribution in [1.29, 1.82) is 0 Å². The Morgan fingerprint density at radius 1 is 1.06 bits per heavy atom. The first-order valence-electron chi connectivity index (χ1n) is 10.9. The van der Waals surface area contributed by atoms with E-state index in [4.69, 9.17) is 9.73 Å². The van der Waals surface area contributed by atoms with Gasteiger partial charge in [-0.05, 0) is 49.9 Å². The lowest BCUT2D eigenvalue weighted by molar-refractivity contribution is 0.279. The number of nitrogens with one attached hydrogen (secondary N) is 1.